The Morgan fingerprint density at radius 3 is 1.25 bits per heavy atom. The molecule has 0 atom stereocenters. The molecule has 0 fully saturated rings. The molecule has 0 radical (unpaired) electrons. The summed E-state index contributed by atoms with van der Waals surface area (Å²) in [6.07, 6.45) is 0. The molecule has 2 nitrogen and oxygen atoms in total. The highest BCUT2D eigenvalue weighted by atomic mass is 35.5. The van der Waals surface area contributed by atoms with E-state index in [0.29, 0.717) is 5.02 Å². The van der Waals surface area contributed by atoms with Crippen LogP contribution >= 0.6 is 11.6 Å². The molecule has 0 N–H and O–H groups in total. The van der Waals surface area contributed by atoms with E-state index < -0.39 is 0 Å². The largest absolute Gasteiger partial charge is 0.310 e. The SMILES string of the molecule is CC1(C)c2ccccc2-c2ccc(N(c3ccccc3)c3ccc(N(c4ccccc4)c4ccc5c(c4)C(C)(C)c4ccccc4-5)c(Cl)c3)cc21. The molecule has 9 rings (SSSR count). The number of rotatable bonds is 6. The topological polar surface area (TPSA) is 6.48 Å². The zero-order chi connectivity index (χ0) is 34.9. The first-order valence-electron chi connectivity index (χ1n) is 17.7. The molecule has 0 bridgehead atoms. The maximum Gasteiger partial charge on any atom is 0.0667 e. The van der Waals surface area contributed by atoms with Gasteiger partial charge in [0.25, 0.3) is 0 Å². The first-order valence-corrected chi connectivity index (χ1v) is 18.1. The first kappa shape index (κ1) is 31.4. The van der Waals surface area contributed by atoms with Gasteiger partial charge >= 0.3 is 0 Å². The second-order valence-corrected chi connectivity index (χ2v) is 15.2. The van der Waals surface area contributed by atoms with Crippen molar-refractivity contribution in [1.82, 2.24) is 0 Å². The van der Waals surface area contributed by atoms with Crippen LogP contribution in [0.3, 0.4) is 0 Å². The summed E-state index contributed by atoms with van der Waals surface area (Å²) < 4.78 is 0. The van der Waals surface area contributed by atoms with E-state index in [1.807, 2.05) is 0 Å². The summed E-state index contributed by atoms with van der Waals surface area (Å²) in [5, 5.41) is 0.675. The van der Waals surface area contributed by atoms with Crippen molar-refractivity contribution >= 4 is 45.7 Å². The summed E-state index contributed by atoms with van der Waals surface area (Å²) in [7, 11) is 0. The van der Waals surface area contributed by atoms with E-state index >= 15 is 0 Å². The van der Waals surface area contributed by atoms with E-state index in [4.69, 9.17) is 11.6 Å². The molecule has 0 aromatic heterocycles. The minimum Gasteiger partial charge on any atom is -0.310 e. The molecular weight excluding hydrogens is 640 g/mol. The highest BCUT2D eigenvalue weighted by Gasteiger charge is 2.37. The molecule has 51 heavy (non-hydrogen) atoms. The molecule has 0 heterocycles. The lowest BCUT2D eigenvalue weighted by Crippen LogP contribution is -2.17. The molecule has 3 heteroatoms. The molecule has 0 unspecified atom stereocenters. The predicted octanol–water partition coefficient (Wildman–Crippen LogP) is 13.9. The summed E-state index contributed by atoms with van der Waals surface area (Å²) in [6, 6.07) is 58.9. The maximum absolute atomic E-state index is 7.42. The monoisotopic (exact) mass is 678 g/mol. The van der Waals surface area contributed by atoms with Crippen molar-refractivity contribution < 1.29 is 0 Å². The van der Waals surface area contributed by atoms with Crippen LogP contribution in [0.4, 0.5) is 34.1 Å². The number of benzene rings is 7. The maximum atomic E-state index is 7.42. The third-order valence-corrected chi connectivity index (χ3v) is 11.4. The van der Waals surface area contributed by atoms with Gasteiger partial charge in [-0.3, -0.25) is 0 Å². The Morgan fingerprint density at radius 2 is 0.745 bits per heavy atom. The summed E-state index contributed by atoms with van der Waals surface area (Å²) in [5.41, 5.74) is 16.7. The van der Waals surface area contributed by atoms with Crippen LogP contribution in [-0.4, -0.2) is 0 Å². The smallest absolute Gasteiger partial charge is 0.0667 e. The van der Waals surface area contributed by atoms with Crippen LogP contribution in [0.2, 0.25) is 5.02 Å². The molecule has 248 valence electrons. The van der Waals surface area contributed by atoms with Gasteiger partial charge in [0.2, 0.25) is 0 Å². The average Bonchev–Trinajstić information content (AvgIpc) is 3.53. The van der Waals surface area contributed by atoms with Gasteiger partial charge in [-0.05, 0) is 111 Å². The summed E-state index contributed by atoms with van der Waals surface area (Å²) >= 11 is 7.42. The number of fused-ring (bicyclic) bond motifs is 6. The van der Waals surface area contributed by atoms with Gasteiger partial charge in [0.15, 0.2) is 0 Å². The molecule has 0 saturated heterocycles. The van der Waals surface area contributed by atoms with Crippen LogP contribution in [-0.2, 0) is 10.8 Å². The van der Waals surface area contributed by atoms with E-state index in [-0.39, 0.29) is 10.8 Å². The van der Waals surface area contributed by atoms with Gasteiger partial charge in [-0.2, -0.15) is 0 Å². The molecule has 0 spiro atoms. The molecule has 7 aromatic rings. The highest BCUT2D eigenvalue weighted by molar-refractivity contribution is 6.34. The molecule has 2 aliphatic rings. The molecule has 7 aromatic carbocycles. The molecule has 0 saturated carbocycles. The van der Waals surface area contributed by atoms with Crippen molar-refractivity contribution in [3.8, 4) is 22.3 Å². The van der Waals surface area contributed by atoms with Crippen molar-refractivity contribution in [3.63, 3.8) is 0 Å². The fourth-order valence-electron chi connectivity index (χ4n) is 8.51. The van der Waals surface area contributed by atoms with Gasteiger partial charge in [0, 0.05) is 39.3 Å². The Balaban J connectivity index is 1.16. The number of para-hydroxylation sites is 2. The molecule has 0 aliphatic heterocycles. The summed E-state index contributed by atoms with van der Waals surface area (Å²) in [6.45, 7) is 9.31. The minimum atomic E-state index is -0.111. The van der Waals surface area contributed by atoms with Gasteiger partial charge in [-0.1, -0.05) is 136 Å². The van der Waals surface area contributed by atoms with Crippen LogP contribution in [0.15, 0.2) is 164 Å². The van der Waals surface area contributed by atoms with E-state index in [0.717, 1.165) is 34.1 Å². The number of halogens is 1. The normalized spacial score (nSPS) is 14.3. The Labute approximate surface area is 306 Å². The van der Waals surface area contributed by atoms with E-state index in [2.05, 4.69) is 201 Å². The second-order valence-electron chi connectivity index (χ2n) is 14.8. The Hall–Kier alpha value is -5.57. The summed E-state index contributed by atoms with van der Waals surface area (Å²) in [5.74, 6) is 0. The Bertz CT molecular complexity index is 2440. The average molecular weight is 679 g/mol. The summed E-state index contributed by atoms with van der Waals surface area (Å²) in [4.78, 5) is 4.60. The molecule has 2 aliphatic carbocycles. The van der Waals surface area contributed by atoms with Crippen molar-refractivity contribution in [2.24, 2.45) is 0 Å². The standard InChI is InChI=1S/C48H39ClN2/c1-47(2)41-21-13-11-19-37(41)39-26-23-34(29-43(39)47)50(32-15-7-5-8-16-32)36-25-28-46(45(49)31-36)51(33-17-9-6-10-18-33)35-24-27-40-38-20-12-14-22-42(38)48(3,4)44(40)30-35/h5-31H,1-4H3. The van der Waals surface area contributed by atoms with Crippen LogP contribution in [0.5, 0.6) is 0 Å². The third-order valence-electron chi connectivity index (χ3n) is 11.1. The van der Waals surface area contributed by atoms with Crippen molar-refractivity contribution in [2.45, 2.75) is 38.5 Å². The molecule has 0 amide bonds. The predicted molar refractivity (Wildman–Crippen MR) is 216 cm³/mol. The fraction of sp³-hybridized carbons (Fsp3) is 0.125. The van der Waals surface area contributed by atoms with E-state index in [9.17, 15) is 0 Å². The first-order chi connectivity index (χ1) is 24.7. The van der Waals surface area contributed by atoms with Crippen LogP contribution < -0.4 is 9.80 Å². The lowest BCUT2D eigenvalue weighted by molar-refractivity contribution is 0.660. The van der Waals surface area contributed by atoms with Gasteiger partial charge < -0.3 is 9.80 Å². The van der Waals surface area contributed by atoms with Crippen molar-refractivity contribution in [1.29, 1.82) is 0 Å². The Morgan fingerprint density at radius 1 is 0.353 bits per heavy atom. The van der Waals surface area contributed by atoms with Gasteiger partial charge in [0.1, 0.15) is 0 Å². The van der Waals surface area contributed by atoms with Crippen LogP contribution in [0, 0.1) is 0 Å². The zero-order valence-corrected chi connectivity index (χ0v) is 30.1. The minimum absolute atomic E-state index is 0.103. The molecular formula is C48H39ClN2. The van der Waals surface area contributed by atoms with Gasteiger partial charge in [-0.25, -0.2) is 0 Å². The highest BCUT2D eigenvalue weighted by Crippen LogP contribution is 2.53. The van der Waals surface area contributed by atoms with E-state index in [1.165, 1.54) is 44.5 Å². The number of anilines is 6. The lowest BCUT2D eigenvalue weighted by atomic mass is 9.82. The van der Waals surface area contributed by atoms with Crippen molar-refractivity contribution in [2.75, 3.05) is 9.80 Å². The van der Waals surface area contributed by atoms with Crippen LogP contribution in [0.25, 0.3) is 22.3 Å². The zero-order valence-electron chi connectivity index (χ0n) is 29.4. The van der Waals surface area contributed by atoms with E-state index in [1.54, 1.807) is 0 Å². The van der Waals surface area contributed by atoms with Crippen LogP contribution in [0.1, 0.15) is 49.9 Å². The lowest BCUT2D eigenvalue weighted by Gasteiger charge is -2.31. The third kappa shape index (κ3) is 4.93. The number of nitrogens with zero attached hydrogens (tertiary/aromatic N) is 2. The fourth-order valence-corrected chi connectivity index (χ4v) is 8.77. The van der Waals surface area contributed by atoms with Gasteiger partial charge in [0.05, 0.1) is 10.7 Å². The van der Waals surface area contributed by atoms with Crippen molar-refractivity contribution in [3.05, 3.63) is 191 Å². The number of hydrogen-bond acceptors (Lipinski definition) is 2. The number of hydrogen-bond donors (Lipinski definition) is 0. The Kier molecular flexibility index (Phi) is 7.24. The van der Waals surface area contributed by atoms with Gasteiger partial charge in [-0.15, -0.1) is 0 Å². The quantitative estimate of drug-likeness (QED) is 0.173. The second kappa shape index (κ2) is 11.8.